The average Bonchev–Trinajstić information content (AvgIpc) is 3.03. The van der Waals surface area contributed by atoms with Crippen LogP contribution in [0, 0.1) is 26.7 Å². The molecule has 2 atom stereocenters. The smallest absolute Gasteiger partial charge is 0.312 e. The molecule has 1 saturated heterocycles. The Morgan fingerprint density at radius 1 is 1.04 bits per heavy atom. The highest BCUT2D eigenvalue weighted by atomic mass is 16.5. The van der Waals surface area contributed by atoms with E-state index in [1.54, 1.807) is 24.0 Å². The number of hydrogen-bond donors (Lipinski definition) is 0. The van der Waals surface area contributed by atoms with Gasteiger partial charge in [0.1, 0.15) is 0 Å². The van der Waals surface area contributed by atoms with Crippen LogP contribution in [-0.2, 0) is 14.3 Å². The third-order valence-corrected chi connectivity index (χ3v) is 5.17. The van der Waals surface area contributed by atoms with Crippen molar-refractivity contribution in [2.45, 2.75) is 40.2 Å². The Balaban J connectivity index is 1.67. The van der Waals surface area contributed by atoms with E-state index >= 15 is 0 Å². The highest BCUT2D eigenvalue weighted by Gasteiger charge is 2.38. The maximum Gasteiger partial charge on any atom is 0.312 e. The molecule has 1 heterocycles. The Kier molecular flexibility index (Phi) is 5.63. The third kappa shape index (κ3) is 3.98. The van der Waals surface area contributed by atoms with E-state index in [0.717, 1.165) is 22.4 Å². The molecule has 146 valence electrons. The first-order chi connectivity index (χ1) is 13.3. The molecule has 2 aromatic carbocycles. The minimum Gasteiger partial charge on any atom is -0.454 e. The summed E-state index contributed by atoms with van der Waals surface area (Å²) >= 11 is 0. The molecule has 1 fully saturated rings. The van der Waals surface area contributed by atoms with Crippen molar-refractivity contribution in [3.05, 3.63) is 64.7 Å². The number of aryl methyl sites for hydroxylation is 3. The normalized spacial score (nSPS) is 17.5. The Bertz CT molecular complexity index is 896. The van der Waals surface area contributed by atoms with E-state index in [2.05, 4.69) is 0 Å². The van der Waals surface area contributed by atoms with E-state index in [1.807, 2.05) is 51.1 Å². The lowest BCUT2D eigenvalue weighted by molar-refractivity contribution is -0.151. The van der Waals surface area contributed by atoms with Gasteiger partial charge in [0.2, 0.25) is 11.7 Å². The lowest BCUT2D eigenvalue weighted by atomic mass is 10.0. The molecule has 5 heteroatoms. The first-order valence-corrected chi connectivity index (χ1v) is 9.46. The fourth-order valence-corrected chi connectivity index (χ4v) is 3.59. The van der Waals surface area contributed by atoms with Gasteiger partial charge >= 0.3 is 5.97 Å². The molecule has 0 aliphatic carbocycles. The quantitative estimate of drug-likeness (QED) is 0.586. The van der Waals surface area contributed by atoms with Gasteiger partial charge in [0.15, 0.2) is 6.10 Å². The fourth-order valence-electron chi connectivity index (χ4n) is 3.59. The molecule has 1 aliphatic rings. The van der Waals surface area contributed by atoms with Crippen LogP contribution in [0.5, 0.6) is 0 Å². The van der Waals surface area contributed by atoms with Gasteiger partial charge in [-0.1, -0.05) is 48.0 Å². The lowest BCUT2D eigenvalue weighted by Crippen LogP contribution is -2.31. The van der Waals surface area contributed by atoms with E-state index in [9.17, 15) is 14.4 Å². The van der Waals surface area contributed by atoms with Crippen LogP contribution >= 0.6 is 0 Å². The monoisotopic (exact) mass is 379 g/mol. The van der Waals surface area contributed by atoms with Crippen LogP contribution in [0.4, 0.5) is 5.69 Å². The summed E-state index contributed by atoms with van der Waals surface area (Å²) in [5.41, 5.74) is 4.39. The number of carbonyl (C=O) groups excluding carboxylic acids is 3. The summed E-state index contributed by atoms with van der Waals surface area (Å²) in [6, 6.07) is 13.0. The number of ether oxygens (including phenoxy) is 1. The van der Waals surface area contributed by atoms with Crippen LogP contribution in [0.25, 0.3) is 0 Å². The SMILES string of the molecule is Cc1ccc(C(=O)[C@@H](C)OC(=O)[C@H]2CC(=O)N(c3c(C)cccc3C)C2)cc1. The average molecular weight is 379 g/mol. The van der Waals surface area contributed by atoms with Crippen LogP contribution in [0.3, 0.4) is 0 Å². The van der Waals surface area contributed by atoms with Gasteiger partial charge in [-0.25, -0.2) is 0 Å². The molecule has 0 aromatic heterocycles. The first kappa shape index (κ1) is 19.8. The zero-order chi connectivity index (χ0) is 20.4. The van der Waals surface area contributed by atoms with Crippen molar-refractivity contribution in [3.63, 3.8) is 0 Å². The molecule has 28 heavy (non-hydrogen) atoms. The summed E-state index contributed by atoms with van der Waals surface area (Å²) in [4.78, 5) is 39.2. The third-order valence-electron chi connectivity index (χ3n) is 5.17. The molecule has 1 aliphatic heterocycles. The molecule has 0 N–H and O–H groups in total. The molecule has 5 nitrogen and oxygen atoms in total. The van der Waals surface area contributed by atoms with Crippen LogP contribution in [0.15, 0.2) is 42.5 Å². The van der Waals surface area contributed by atoms with Crippen molar-refractivity contribution in [3.8, 4) is 0 Å². The highest BCUT2D eigenvalue weighted by Crippen LogP contribution is 2.31. The Morgan fingerprint density at radius 3 is 2.25 bits per heavy atom. The van der Waals surface area contributed by atoms with Crippen molar-refractivity contribution in [2.24, 2.45) is 5.92 Å². The molecular weight excluding hydrogens is 354 g/mol. The standard InChI is InChI=1S/C23H25NO4/c1-14-8-10-18(11-9-14)22(26)17(4)28-23(27)19-12-20(25)24(13-19)21-15(2)6-5-7-16(21)3/h5-11,17,19H,12-13H2,1-4H3/t17-,19+/m1/s1. The molecule has 2 aromatic rings. The van der Waals surface area contributed by atoms with Gasteiger partial charge in [0, 0.05) is 24.2 Å². The number of benzene rings is 2. The van der Waals surface area contributed by atoms with E-state index < -0.39 is 18.0 Å². The summed E-state index contributed by atoms with van der Waals surface area (Å²) in [6.07, 6.45) is -0.794. The number of amides is 1. The van der Waals surface area contributed by atoms with Crippen molar-refractivity contribution >= 4 is 23.3 Å². The topological polar surface area (TPSA) is 63.7 Å². The second-order valence-electron chi connectivity index (χ2n) is 7.46. The second kappa shape index (κ2) is 7.97. The van der Waals surface area contributed by atoms with Gasteiger partial charge in [0.25, 0.3) is 0 Å². The number of ketones is 1. The van der Waals surface area contributed by atoms with Gasteiger partial charge in [-0.05, 0) is 38.8 Å². The molecule has 1 amide bonds. The summed E-state index contributed by atoms with van der Waals surface area (Å²) < 4.78 is 5.41. The van der Waals surface area contributed by atoms with Gasteiger partial charge in [0.05, 0.1) is 5.92 Å². The second-order valence-corrected chi connectivity index (χ2v) is 7.46. The van der Waals surface area contributed by atoms with Crippen LogP contribution in [0.2, 0.25) is 0 Å². The van der Waals surface area contributed by atoms with Gasteiger partial charge in [-0.3, -0.25) is 14.4 Å². The number of hydrogen-bond acceptors (Lipinski definition) is 4. The number of esters is 1. The minimum atomic E-state index is -0.889. The predicted octanol–water partition coefficient (Wildman–Crippen LogP) is 3.78. The number of rotatable bonds is 5. The van der Waals surface area contributed by atoms with Gasteiger partial charge in [-0.2, -0.15) is 0 Å². The molecule has 0 bridgehead atoms. The summed E-state index contributed by atoms with van der Waals surface area (Å²) in [5, 5.41) is 0. The van der Waals surface area contributed by atoms with Crippen molar-refractivity contribution in [1.29, 1.82) is 0 Å². The molecule has 0 unspecified atom stereocenters. The van der Waals surface area contributed by atoms with Crippen LogP contribution in [-0.4, -0.2) is 30.3 Å². The largest absolute Gasteiger partial charge is 0.454 e. The minimum absolute atomic E-state index is 0.0953. The molecule has 0 saturated carbocycles. The Labute approximate surface area is 165 Å². The Morgan fingerprint density at radius 2 is 1.64 bits per heavy atom. The number of nitrogens with zero attached hydrogens (tertiary/aromatic N) is 1. The predicted molar refractivity (Wildman–Crippen MR) is 107 cm³/mol. The van der Waals surface area contributed by atoms with Crippen molar-refractivity contribution in [2.75, 3.05) is 11.4 Å². The molecule has 0 spiro atoms. The van der Waals surface area contributed by atoms with Crippen LogP contribution in [0.1, 0.15) is 40.4 Å². The first-order valence-electron chi connectivity index (χ1n) is 9.46. The number of anilines is 1. The van der Waals surface area contributed by atoms with E-state index in [0.29, 0.717) is 5.56 Å². The number of Topliss-reactive ketones (excluding diaryl/α,β-unsaturated/α-hetero) is 1. The van der Waals surface area contributed by atoms with Crippen molar-refractivity contribution in [1.82, 2.24) is 0 Å². The maximum atomic E-state index is 12.6. The number of carbonyl (C=O) groups is 3. The fraction of sp³-hybridized carbons (Fsp3) is 0.348. The van der Waals surface area contributed by atoms with Gasteiger partial charge < -0.3 is 9.64 Å². The zero-order valence-electron chi connectivity index (χ0n) is 16.7. The zero-order valence-corrected chi connectivity index (χ0v) is 16.7. The molecular formula is C23H25NO4. The van der Waals surface area contributed by atoms with Crippen molar-refractivity contribution < 1.29 is 19.1 Å². The van der Waals surface area contributed by atoms with Crippen LogP contribution < -0.4 is 4.90 Å². The number of para-hydroxylation sites is 1. The lowest BCUT2D eigenvalue weighted by Gasteiger charge is -2.21. The molecule has 0 radical (unpaired) electrons. The summed E-state index contributed by atoms with van der Waals surface area (Å²) in [7, 11) is 0. The summed E-state index contributed by atoms with van der Waals surface area (Å²) in [6.45, 7) is 7.68. The Hall–Kier alpha value is -2.95. The van der Waals surface area contributed by atoms with Gasteiger partial charge in [-0.15, -0.1) is 0 Å². The van der Waals surface area contributed by atoms with E-state index in [1.165, 1.54) is 0 Å². The maximum absolute atomic E-state index is 12.6. The highest BCUT2D eigenvalue weighted by molar-refractivity contribution is 6.02. The molecule has 3 rings (SSSR count). The van der Waals surface area contributed by atoms with E-state index in [-0.39, 0.29) is 24.7 Å². The summed E-state index contributed by atoms with van der Waals surface area (Å²) in [5.74, 6) is -1.42. The van der Waals surface area contributed by atoms with E-state index in [4.69, 9.17) is 4.74 Å².